The smallest absolute Gasteiger partial charge is 0.320 e. The number of hydrogen-bond donors (Lipinski definition) is 1. The minimum atomic E-state index is -0.760. The van der Waals surface area contributed by atoms with Gasteiger partial charge in [0.2, 0.25) is 0 Å². The van der Waals surface area contributed by atoms with Crippen LogP contribution in [0.1, 0.15) is 12.8 Å². The Bertz CT molecular complexity index is 385. The number of thioether (sulfide) groups is 1. The Balaban J connectivity index is 2.16. The molecule has 16 heavy (non-hydrogen) atoms. The van der Waals surface area contributed by atoms with Gasteiger partial charge in [0, 0.05) is 31.4 Å². The summed E-state index contributed by atoms with van der Waals surface area (Å²) in [6.07, 6.45) is 4.62. The molecule has 0 bridgehead atoms. The summed E-state index contributed by atoms with van der Waals surface area (Å²) in [5, 5.41) is 13.4. The number of carboxylic acids is 1. The second-order valence-electron chi connectivity index (χ2n) is 3.86. The zero-order valence-corrected chi connectivity index (χ0v) is 9.87. The molecule has 88 valence electrons. The Morgan fingerprint density at radius 3 is 2.81 bits per heavy atom. The molecule has 1 aromatic heterocycles. The minimum Gasteiger partial charge on any atom is -0.480 e. The predicted octanol–water partition coefficient (Wildman–Crippen LogP) is 1.15. The van der Waals surface area contributed by atoms with Crippen molar-refractivity contribution in [3.63, 3.8) is 0 Å². The van der Waals surface area contributed by atoms with Crippen LogP contribution in [0.2, 0.25) is 0 Å². The van der Waals surface area contributed by atoms with E-state index >= 15 is 0 Å². The lowest BCUT2D eigenvalue weighted by Gasteiger charge is -2.31. The van der Waals surface area contributed by atoms with Crippen molar-refractivity contribution in [1.82, 2.24) is 9.78 Å². The van der Waals surface area contributed by atoms with Gasteiger partial charge in [0.15, 0.2) is 0 Å². The van der Waals surface area contributed by atoms with Crippen LogP contribution < -0.4 is 0 Å². The van der Waals surface area contributed by atoms with Crippen LogP contribution in [-0.4, -0.2) is 38.8 Å². The summed E-state index contributed by atoms with van der Waals surface area (Å²) in [7, 11) is 1.82. The van der Waals surface area contributed by atoms with Gasteiger partial charge in [-0.1, -0.05) is 0 Å². The number of ether oxygens (including phenoxy) is 1. The van der Waals surface area contributed by atoms with E-state index < -0.39 is 10.7 Å². The molecular formula is C10H14N2O3S. The van der Waals surface area contributed by atoms with Gasteiger partial charge < -0.3 is 9.84 Å². The van der Waals surface area contributed by atoms with E-state index in [1.807, 2.05) is 13.2 Å². The maximum atomic E-state index is 11.4. The molecule has 0 aliphatic carbocycles. The lowest BCUT2D eigenvalue weighted by molar-refractivity contribution is -0.142. The first-order chi connectivity index (χ1) is 7.62. The predicted molar refractivity (Wildman–Crippen MR) is 59.5 cm³/mol. The molecule has 1 N–H and O–H groups in total. The monoisotopic (exact) mass is 242 g/mol. The fourth-order valence-electron chi connectivity index (χ4n) is 1.74. The van der Waals surface area contributed by atoms with Crippen LogP contribution in [0.25, 0.3) is 0 Å². The van der Waals surface area contributed by atoms with E-state index in [1.165, 1.54) is 11.8 Å². The van der Waals surface area contributed by atoms with Crippen molar-refractivity contribution in [2.45, 2.75) is 22.5 Å². The molecule has 1 aromatic rings. The fourth-order valence-corrected chi connectivity index (χ4v) is 2.95. The summed E-state index contributed by atoms with van der Waals surface area (Å²) in [5.41, 5.74) is 0. The standard InChI is InChI=1S/C10H14N2O3S/c1-12-7-8(6-11-12)16-10(9(13)14)2-4-15-5-3-10/h6-7H,2-5H2,1H3,(H,13,14). The summed E-state index contributed by atoms with van der Waals surface area (Å²) in [6.45, 7) is 1.03. The highest BCUT2D eigenvalue weighted by atomic mass is 32.2. The highest BCUT2D eigenvalue weighted by Crippen LogP contribution is 2.40. The first-order valence-corrected chi connectivity index (χ1v) is 5.93. The number of aromatic nitrogens is 2. The van der Waals surface area contributed by atoms with E-state index in [4.69, 9.17) is 4.74 Å². The van der Waals surface area contributed by atoms with Crippen LogP contribution >= 0.6 is 11.8 Å². The van der Waals surface area contributed by atoms with E-state index in [1.54, 1.807) is 10.9 Å². The topological polar surface area (TPSA) is 64.4 Å². The summed E-state index contributed by atoms with van der Waals surface area (Å²) in [5.74, 6) is -0.760. The van der Waals surface area contributed by atoms with Crippen molar-refractivity contribution in [2.75, 3.05) is 13.2 Å². The van der Waals surface area contributed by atoms with Gasteiger partial charge in [0.25, 0.3) is 0 Å². The maximum absolute atomic E-state index is 11.4. The molecule has 0 aromatic carbocycles. The molecule has 0 saturated carbocycles. The lowest BCUT2D eigenvalue weighted by Crippen LogP contribution is -2.40. The zero-order valence-electron chi connectivity index (χ0n) is 9.05. The van der Waals surface area contributed by atoms with Gasteiger partial charge in [-0.2, -0.15) is 5.10 Å². The fraction of sp³-hybridized carbons (Fsp3) is 0.600. The molecule has 1 aliphatic heterocycles. The average Bonchev–Trinajstić information content (AvgIpc) is 2.65. The van der Waals surface area contributed by atoms with Crippen molar-refractivity contribution in [3.05, 3.63) is 12.4 Å². The van der Waals surface area contributed by atoms with Crippen molar-refractivity contribution in [3.8, 4) is 0 Å². The molecule has 0 atom stereocenters. The maximum Gasteiger partial charge on any atom is 0.320 e. The van der Waals surface area contributed by atoms with E-state index in [2.05, 4.69) is 5.10 Å². The Morgan fingerprint density at radius 1 is 1.62 bits per heavy atom. The van der Waals surface area contributed by atoms with Gasteiger partial charge in [-0.15, -0.1) is 11.8 Å². The van der Waals surface area contributed by atoms with Crippen LogP contribution in [0.4, 0.5) is 0 Å². The van der Waals surface area contributed by atoms with E-state index in [0.717, 1.165) is 4.90 Å². The van der Waals surface area contributed by atoms with Crippen molar-refractivity contribution < 1.29 is 14.6 Å². The van der Waals surface area contributed by atoms with Crippen LogP contribution in [0, 0.1) is 0 Å². The molecule has 0 radical (unpaired) electrons. The average molecular weight is 242 g/mol. The van der Waals surface area contributed by atoms with Gasteiger partial charge in [-0.3, -0.25) is 9.48 Å². The van der Waals surface area contributed by atoms with Crippen molar-refractivity contribution in [1.29, 1.82) is 0 Å². The summed E-state index contributed by atoms with van der Waals surface area (Å²) in [6, 6.07) is 0. The van der Waals surface area contributed by atoms with E-state index in [9.17, 15) is 9.90 Å². The van der Waals surface area contributed by atoms with Gasteiger partial charge in [-0.25, -0.2) is 0 Å². The Labute approximate surface area is 97.8 Å². The molecular weight excluding hydrogens is 228 g/mol. The van der Waals surface area contributed by atoms with Crippen molar-refractivity contribution in [2.24, 2.45) is 7.05 Å². The second-order valence-corrected chi connectivity index (χ2v) is 5.32. The number of carboxylic acid groups (broad SMARTS) is 1. The number of nitrogens with zero attached hydrogens (tertiary/aromatic N) is 2. The third kappa shape index (κ3) is 2.22. The highest BCUT2D eigenvalue weighted by molar-refractivity contribution is 8.01. The molecule has 1 saturated heterocycles. The van der Waals surface area contributed by atoms with Gasteiger partial charge in [0.05, 0.1) is 6.20 Å². The molecule has 5 nitrogen and oxygen atoms in total. The SMILES string of the molecule is Cn1cc(SC2(C(=O)O)CCOCC2)cn1. The molecule has 2 heterocycles. The van der Waals surface area contributed by atoms with Crippen molar-refractivity contribution >= 4 is 17.7 Å². The number of aliphatic carboxylic acids is 1. The molecule has 1 fully saturated rings. The van der Waals surface area contributed by atoms with E-state index in [0.29, 0.717) is 26.1 Å². The number of aryl methyl sites for hydroxylation is 1. The first-order valence-electron chi connectivity index (χ1n) is 5.11. The molecule has 0 spiro atoms. The van der Waals surface area contributed by atoms with Crippen LogP contribution in [0.15, 0.2) is 17.3 Å². The first kappa shape index (κ1) is 11.5. The van der Waals surface area contributed by atoms with Crippen LogP contribution in [0.5, 0.6) is 0 Å². The number of rotatable bonds is 3. The lowest BCUT2D eigenvalue weighted by atomic mass is 9.99. The van der Waals surface area contributed by atoms with Gasteiger partial charge >= 0.3 is 5.97 Å². The zero-order chi connectivity index (χ0) is 11.6. The summed E-state index contributed by atoms with van der Waals surface area (Å²) in [4.78, 5) is 12.3. The van der Waals surface area contributed by atoms with Crippen LogP contribution in [-0.2, 0) is 16.6 Å². The second kappa shape index (κ2) is 4.47. The van der Waals surface area contributed by atoms with Gasteiger partial charge in [-0.05, 0) is 12.8 Å². The molecule has 0 unspecified atom stereocenters. The summed E-state index contributed by atoms with van der Waals surface area (Å²) >= 11 is 1.38. The Hall–Kier alpha value is -1.01. The Morgan fingerprint density at radius 2 is 2.31 bits per heavy atom. The molecule has 1 aliphatic rings. The molecule has 0 amide bonds. The third-order valence-corrected chi connectivity index (χ3v) is 4.10. The molecule has 2 rings (SSSR count). The minimum absolute atomic E-state index is 0.513. The third-order valence-electron chi connectivity index (χ3n) is 2.68. The summed E-state index contributed by atoms with van der Waals surface area (Å²) < 4.78 is 6.15. The highest BCUT2D eigenvalue weighted by Gasteiger charge is 2.41. The quantitative estimate of drug-likeness (QED) is 0.861. The molecule has 6 heteroatoms. The van der Waals surface area contributed by atoms with Gasteiger partial charge in [0.1, 0.15) is 4.75 Å². The number of hydrogen-bond acceptors (Lipinski definition) is 4. The van der Waals surface area contributed by atoms with E-state index in [-0.39, 0.29) is 0 Å². The Kier molecular flexibility index (Phi) is 3.20. The normalized spacial score (nSPS) is 19.6. The largest absolute Gasteiger partial charge is 0.480 e. The number of carbonyl (C=O) groups is 1. The van der Waals surface area contributed by atoms with Crippen LogP contribution in [0.3, 0.4) is 0 Å².